The highest BCUT2D eigenvalue weighted by atomic mass is 35.5. The van der Waals surface area contributed by atoms with Crippen LogP contribution in [-0.4, -0.2) is 22.9 Å². The predicted octanol–water partition coefficient (Wildman–Crippen LogP) is 4.69. The minimum atomic E-state index is -4.52. The van der Waals surface area contributed by atoms with Gasteiger partial charge < -0.3 is 9.84 Å². The highest BCUT2D eigenvalue weighted by Gasteiger charge is 2.31. The van der Waals surface area contributed by atoms with Crippen molar-refractivity contribution in [1.82, 2.24) is 4.98 Å². The van der Waals surface area contributed by atoms with Crippen molar-refractivity contribution in [3.05, 3.63) is 46.6 Å². The van der Waals surface area contributed by atoms with Gasteiger partial charge in [0.25, 0.3) is 0 Å². The number of hydrazone groups is 1. The number of pyridine rings is 1. The second-order valence-electron chi connectivity index (χ2n) is 4.99. The van der Waals surface area contributed by atoms with E-state index < -0.39 is 11.7 Å². The van der Waals surface area contributed by atoms with Crippen LogP contribution in [0.2, 0.25) is 5.02 Å². The number of aromatic nitrogens is 1. The summed E-state index contributed by atoms with van der Waals surface area (Å²) in [7, 11) is 0. The molecule has 1 aromatic carbocycles. The third-order valence-electron chi connectivity index (χ3n) is 3.02. The van der Waals surface area contributed by atoms with Gasteiger partial charge in [0.15, 0.2) is 5.82 Å². The molecule has 0 unspecified atom stereocenters. The van der Waals surface area contributed by atoms with Gasteiger partial charge in [0.2, 0.25) is 0 Å². The molecule has 2 aromatic rings. The summed E-state index contributed by atoms with van der Waals surface area (Å²) in [4.78, 5) is 3.59. The van der Waals surface area contributed by atoms with Crippen LogP contribution in [0.4, 0.5) is 19.0 Å². The molecule has 2 N–H and O–H groups in total. The number of alkyl halides is 3. The van der Waals surface area contributed by atoms with Crippen molar-refractivity contribution in [2.75, 3.05) is 12.0 Å². The number of nitrogens with one attached hydrogen (secondary N) is 1. The molecule has 134 valence electrons. The maximum absolute atomic E-state index is 12.5. The molecular weight excluding hydrogens is 359 g/mol. The molecule has 0 spiro atoms. The molecule has 0 aliphatic rings. The Morgan fingerprint density at radius 3 is 2.72 bits per heavy atom. The van der Waals surface area contributed by atoms with E-state index in [1.807, 2.05) is 6.92 Å². The first-order valence-corrected chi connectivity index (χ1v) is 7.66. The number of phenolic OH excluding ortho intramolecular Hbond substituents is 1. The first-order valence-electron chi connectivity index (χ1n) is 7.29. The van der Waals surface area contributed by atoms with Crippen LogP contribution < -0.4 is 10.2 Å². The number of rotatable bonds is 6. The minimum absolute atomic E-state index is 0.0340. The lowest BCUT2D eigenvalue weighted by Gasteiger charge is -2.08. The van der Waals surface area contributed by atoms with Crippen LogP contribution in [0.25, 0.3) is 0 Å². The predicted molar refractivity (Wildman–Crippen MR) is 89.4 cm³/mol. The second-order valence-corrected chi connectivity index (χ2v) is 5.40. The summed E-state index contributed by atoms with van der Waals surface area (Å²) in [6, 6.07) is 5.46. The Labute approximate surface area is 147 Å². The van der Waals surface area contributed by atoms with Crippen molar-refractivity contribution < 1.29 is 23.0 Å². The first-order chi connectivity index (χ1) is 11.8. The monoisotopic (exact) mass is 373 g/mol. The van der Waals surface area contributed by atoms with E-state index in [-0.39, 0.29) is 16.6 Å². The van der Waals surface area contributed by atoms with Gasteiger partial charge in [-0.15, -0.1) is 0 Å². The number of phenols is 1. The molecule has 0 fully saturated rings. The van der Waals surface area contributed by atoms with Gasteiger partial charge in [0, 0.05) is 17.8 Å². The summed E-state index contributed by atoms with van der Waals surface area (Å²) in [6.45, 7) is 2.50. The van der Waals surface area contributed by atoms with Gasteiger partial charge in [-0.05, 0) is 24.6 Å². The molecule has 9 heteroatoms. The van der Waals surface area contributed by atoms with E-state index in [1.54, 1.807) is 12.1 Å². The number of hydrogen-bond acceptors (Lipinski definition) is 5. The molecule has 2 rings (SSSR count). The molecule has 0 radical (unpaired) electrons. The number of benzene rings is 1. The maximum Gasteiger partial charge on any atom is 0.417 e. The van der Waals surface area contributed by atoms with Crippen molar-refractivity contribution in [2.24, 2.45) is 5.10 Å². The van der Waals surface area contributed by atoms with Crippen molar-refractivity contribution in [3.63, 3.8) is 0 Å². The Kier molecular flexibility index (Phi) is 6.08. The van der Waals surface area contributed by atoms with E-state index in [4.69, 9.17) is 16.3 Å². The fraction of sp³-hybridized carbons (Fsp3) is 0.250. The molecule has 0 atom stereocenters. The summed E-state index contributed by atoms with van der Waals surface area (Å²) in [5, 5.41) is 13.5. The molecule has 1 aromatic heterocycles. The first kappa shape index (κ1) is 18.9. The van der Waals surface area contributed by atoms with Gasteiger partial charge in [-0.3, -0.25) is 5.43 Å². The van der Waals surface area contributed by atoms with E-state index in [2.05, 4.69) is 15.5 Å². The summed E-state index contributed by atoms with van der Waals surface area (Å²) >= 11 is 5.75. The molecule has 0 saturated carbocycles. The zero-order valence-corrected chi connectivity index (χ0v) is 13.9. The lowest BCUT2D eigenvalue weighted by Crippen LogP contribution is -2.06. The number of anilines is 1. The third kappa shape index (κ3) is 5.25. The lowest BCUT2D eigenvalue weighted by atomic mass is 10.2. The van der Waals surface area contributed by atoms with Gasteiger partial charge in [-0.1, -0.05) is 18.5 Å². The Morgan fingerprint density at radius 2 is 2.12 bits per heavy atom. The quantitative estimate of drug-likeness (QED) is 0.569. The molecule has 5 nitrogen and oxygen atoms in total. The van der Waals surface area contributed by atoms with Crippen LogP contribution in [0.5, 0.6) is 11.5 Å². The van der Waals surface area contributed by atoms with E-state index in [9.17, 15) is 18.3 Å². The Balaban J connectivity index is 2.06. The highest BCUT2D eigenvalue weighted by Crippen LogP contribution is 2.32. The maximum atomic E-state index is 12.5. The summed E-state index contributed by atoms with van der Waals surface area (Å²) < 4.78 is 43.0. The van der Waals surface area contributed by atoms with Crippen molar-refractivity contribution >= 4 is 23.6 Å². The van der Waals surface area contributed by atoms with Gasteiger partial charge in [-0.2, -0.15) is 18.3 Å². The summed E-state index contributed by atoms with van der Waals surface area (Å²) in [5.41, 5.74) is 1.87. The van der Waals surface area contributed by atoms with Crippen LogP contribution >= 0.6 is 11.6 Å². The molecule has 0 aliphatic heterocycles. The summed E-state index contributed by atoms with van der Waals surface area (Å²) in [6.07, 6.45) is -1.74. The van der Waals surface area contributed by atoms with Crippen LogP contribution in [-0.2, 0) is 6.18 Å². The van der Waals surface area contributed by atoms with E-state index >= 15 is 0 Å². The minimum Gasteiger partial charge on any atom is -0.507 e. The molecule has 0 bridgehead atoms. The number of hydrogen-bond donors (Lipinski definition) is 2. The number of ether oxygens (including phenoxy) is 1. The van der Waals surface area contributed by atoms with Crippen molar-refractivity contribution in [3.8, 4) is 11.5 Å². The zero-order chi connectivity index (χ0) is 18.4. The molecule has 0 saturated heterocycles. The van der Waals surface area contributed by atoms with Crippen LogP contribution in [0.15, 0.2) is 35.6 Å². The lowest BCUT2D eigenvalue weighted by molar-refractivity contribution is -0.137. The Bertz CT molecular complexity index is 767. The average molecular weight is 374 g/mol. The van der Waals surface area contributed by atoms with Crippen molar-refractivity contribution in [1.29, 1.82) is 0 Å². The number of aromatic hydroxyl groups is 1. The SMILES string of the molecule is CCCOc1ccc(C=NNc2ncc(C(F)(F)F)cc2Cl)c(O)c1. The second kappa shape index (κ2) is 8.06. The smallest absolute Gasteiger partial charge is 0.417 e. The van der Waals surface area contributed by atoms with E-state index in [1.165, 1.54) is 12.3 Å². The molecule has 25 heavy (non-hydrogen) atoms. The van der Waals surface area contributed by atoms with E-state index in [0.29, 0.717) is 24.1 Å². The summed E-state index contributed by atoms with van der Waals surface area (Å²) in [5.74, 6) is 0.441. The molecule has 0 aliphatic carbocycles. The van der Waals surface area contributed by atoms with Crippen LogP contribution in [0, 0.1) is 0 Å². The van der Waals surface area contributed by atoms with Gasteiger partial charge >= 0.3 is 6.18 Å². The molecular formula is C16H15ClF3N3O2. The fourth-order valence-electron chi connectivity index (χ4n) is 1.78. The third-order valence-corrected chi connectivity index (χ3v) is 3.31. The highest BCUT2D eigenvalue weighted by molar-refractivity contribution is 6.32. The molecule has 0 amide bonds. The average Bonchev–Trinajstić information content (AvgIpc) is 2.55. The Morgan fingerprint density at radius 1 is 1.36 bits per heavy atom. The zero-order valence-electron chi connectivity index (χ0n) is 13.1. The topological polar surface area (TPSA) is 66.7 Å². The largest absolute Gasteiger partial charge is 0.507 e. The number of nitrogens with zero attached hydrogens (tertiary/aromatic N) is 2. The van der Waals surface area contributed by atoms with Crippen LogP contribution in [0.1, 0.15) is 24.5 Å². The molecule has 1 heterocycles. The van der Waals surface area contributed by atoms with Gasteiger partial charge in [0.1, 0.15) is 11.5 Å². The standard InChI is InChI=1S/C16H15ClF3N3O2/c1-2-5-25-12-4-3-10(14(24)7-12)8-22-23-15-13(17)6-11(9-21-15)16(18,19)20/h3-4,6-9,24H,2,5H2,1H3,(H,21,23). The van der Waals surface area contributed by atoms with Gasteiger partial charge in [0.05, 0.1) is 23.4 Å². The van der Waals surface area contributed by atoms with Crippen molar-refractivity contribution in [2.45, 2.75) is 19.5 Å². The normalized spacial score (nSPS) is 11.7. The number of halogens is 4. The Hall–Kier alpha value is -2.48. The van der Waals surface area contributed by atoms with E-state index in [0.717, 1.165) is 12.5 Å². The van der Waals surface area contributed by atoms with Gasteiger partial charge in [-0.25, -0.2) is 4.98 Å². The van der Waals surface area contributed by atoms with Crippen LogP contribution in [0.3, 0.4) is 0 Å². The fourth-order valence-corrected chi connectivity index (χ4v) is 1.99.